The van der Waals surface area contributed by atoms with Crippen LogP contribution < -0.4 is 4.74 Å². The van der Waals surface area contributed by atoms with Gasteiger partial charge < -0.3 is 4.74 Å². The van der Waals surface area contributed by atoms with Crippen molar-refractivity contribution in [2.75, 3.05) is 6.61 Å². The molecular weight excluding hydrogens is 490 g/mol. The quantitative estimate of drug-likeness (QED) is 0.224. The summed E-state index contributed by atoms with van der Waals surface area (Å²) < 4.78 is 92.0. The van der Waals surface area contributed by atoms with E-state index in [9.17, 15) is 26.3 Å². The molecule has 0 spiro atoms. The van der Waals surface area contributed by atoms with E-state index in [0.29, 0.717) is 37.7 Å². The van der Waals surface area contributed by atoms with Crippen molar-refractivity contribution < 1.29 is 31.1 Å². The van der Waals surface area contributed by atoms with Crippen LogP contribution in [0.4, 0.5) is 26.3 Å². The van der Waals surface area contributed by atoms with Gasteiger partial charge in [0.05, 0.1) is 6.61 Å². The van der Waals surface area contributed by atoms with E-state index in [-0.39, 0.29) is 46.4 Å². The van der Waals surface area contributed by atoms with Crippen LogP contribution in [0.15, 0.2) is 36.4 Å². The Labute approximate surface area is 212 Å². The predicted molar refractivity (Wildman–Crippen MR) is 132 cm³/mol. The van der Waals surface area contributed by atoms with Gasteiger partial charge in [0.15, 0.2) is 34.8 Å². The molecule has 1 aliphatic carbocycles. The number of halogens is 6. The Kier molecular flexibility index (Phi) is 8.30. The maximum absolute atomic E-state index is 15.0. The summed E-state index contributed by atoms with van der Waals surface area (Å²) in [7, 11) is 0. The van der Waals surface area contributed by atoms with Crippen LogP contribution in [-0.4, -0.2) is 6.61 Å². The highest BCUT2D eigenvalue weighted by Crippen LogP contribution is 2.42. The molecule has 0 amide bonds. The Hall–Kier alpha value is -3.22. The lowest BCUT2D eigenvalue weighted by molar-refractivity contribution is 0.295. The summed E-state index contributed by atoms with van der Waals surface area (Å²) >= 11 is 0. The fourth-order valence-corrected chi connectivity index (χ4v) is 4.89. The molecule has 196 valence electrons. The smallest absolute Gasteiger partial charge is 0.201 e. The van der Waals surface area contributed by atoms with Gasteiger partial charge in [-0.25, -0.2) is 22.0 Å². The first kappa shape index (κ1) is 26.8. The lowest BCUT2D eigenvalue weighted by Gasteiger charge is -2.29. The van der Waals surface area contributed by atoms with Gasteiger partial charge in [0.1, 0.15) is 0 Å². The van der Waals surface area contributed by atoms with Crippen LogP contribution in [0.5, 0.6) is 5.75 Å². The molecule has 0 aliphatic heterocycles. The minimum atomic E-state index is -1.14. The molecule has 0 heterocycles. The summed E-state index contributed by atoms with van der Waals surface area (Å²) in [6, 6.07) is 8.65. The topological polar surface area (TPSA) is 9.23 Å². The van der Waals surface area contributed by atoms with Crippen molar-refractivity contribution in [1.29, 1.82) is 0 Å². The van der Waals surface area contributed by atoms with Gasteiger partial charge in [0.25, 0.3) is 0 Å². The Balaban J connectivity index is 1.47. The van der Waals surface area contributed by atoms with Crippen LogP contribution in [0.25, 0.3) is 12.2 Å². The van der Waals surface area contributed by atoms with Crippen molar-refractivity contribution in [3.8, 4) is 5.75 Å². The first-order chi connectivity index (χ1) is 17.7. The summed E-state index contributed by atoms with van der Waals surface area (Å²) in [5.74, 6) is -6.68. The van der Waals surface area contributed by atoms with Crippen LogP contribution in [0.1, 0.15) is 78.7 Å². The number of hydrogen-bond acceptors (Lipinski definition) is 1. The molecule has 1 fully saturated rings. The van der Waals surface area contributed by atoms with Gasteiger partial charge >= 0.3 is 0 Å². The standard InChI is InChI=1S/C30H28F6O/c1-3-16-37-24-15-12-21(27(33)30(24)36)10-9-20-11-14-23(29(35)26(20)32)19-7-5-18(6-8-19)22-13-4-17(2)25(31)28(22)34/h4,9-15,18-19H,3,5-8,16H2,1-2H3/b10-9+. The van der Waals surface area contributed by atoms with Gasteiger partial charge in [0.2, 0.25) is 5.82 Å². The number of hydrogen-bond donors (Lipinski definition) is 0. The zero-order valence-corrected chi connectivity index (χ0v) is 20.7. The lowest BCUT2D eigenvalue weighted by Crippen LogP contribution is -2.15. The zero-order valence-electron chi connectivity index (χ0n) is 20.7. The number of rotatable bonds is 7. The zero-order chi connectivity index (χ0) is 26.7. The van der Waals surface area contributed by atoms with E-state index in [0.717, 1.165) is 0 Å². The first-order valence-corrected chi connectivity index (χ1v) is 12.4. The van der Waals surface area contributed by atoms with Crippen molar-refractivity contribution in [3.63, 3.8) is 0 Å². The summed E-state index contributed by atoms with van der Waals surface area (Å²) in [6.45, 7) is 3.58. The molecular formula is C30H28F6O. The second kappa shape index (κ2) is 11.4. The van der Waals surface area contributed by atoms with Crippen LogP contribution in [0.2, 0.25) is 0 Å². The third-order valence-corrected chi connectivity index (χ3v) is 7.04. The summed E-state index contributed by atoms with van der Waals surface area (Å²) in [5.41, 5.74) is 0.565. The molecule has 3 aromatic rings. The van der Waals surface area contributed by atoms with Gasteiger partial charge in [-0.1, -0.05) is 43.3 Å². The summed E-state index contributed by atoms with van der Waals surface area (Å²) in [4.78, 5) is 0. The van der Waals surface area contributed by atoms with Gasteiger partial charge in [-0.2, -0.15) is 4.39 Å². The van der Waals surface area contributed by atoms with Gasteiger partial charge in [-0.3, -0.25) is 0 Å². The summed E-state index contributed by atoms with van der Waals surface area (Å²) in [6.07, 6.45) is 5.06. The Bertz CT molecular complexity index is 1310. The number of ether oxygens (including phenoxy) is 1. The number of aryl methyl sites for hydroxylation is 1. The maximum Gasteiger partial charge on any atom is 0.201 e. The second-order valence-corrected chi connectivity index (χ2v) is 9.48. The van der Waals surface area contributed by atoms with Crippen molar-refractivity contribution in [2.24, 2.45) is 0 Å². The third-order valence-electron chi connectivity index (χ3n) is 7.04. The fraction of sp³-hybridized carbons (Fsp3) is 0.333. The minimum Gasteiger partial charge on any atom is -0.490 e. The fourth-order valence-electron chi connectivity index (χ4n) is 4.89. The van der Waals surface area contributed by atoms with Crippen molar-refractivity contribution >= 4 is 12.2 Å². The monoisotopic (exact) mass is 518 g/mol. The SMILES string of the molecule is CCCOc1ccc(/C=C/c2ccc(C3CCC(c4ccc(C)c(F)c4F)CC3)c(F)c2F)c(F)c1F. The Morgan fingerprint density at radius 1 is 0.649 bits per heavy atom. The first-order valence-electron chi connectivity index (χ1n) is 12.4. The van der Waals surface area contributed by atoms with E-state index >= 15 is 0 Å². The summed E-state index contributed by atoms with van der Waals surface area (Å²) in [5, 5.41) is 0. The van der Waals surface area contributed by atoms with Crippen molar-refractivity contribution in [1.82, 2.24) is 0 Å². The molecule has 1 nitrogen and oxygen atoms in total. The Morgan fingerprint density at radius 2 is 1.14 bits per heavy atom. The highest BCUT2D eigenvalue weighted by atomic mass is 19.2. The molecule has 1 saturated carbocycles. The second-order valence-electron chi connectivity index (χ2n) is 9.48. The van der Waals surface area contributed by atoms with Gasteiger partial charge in [-0.05, 0) is 79.7 Å². The normalized spacial score (nSPS) is 17.9. The molecule has 0 radical (unpaired) electrons. The van der Waals surface area contributed by atoms with Gasteiger partial charge in [-0.15, -0.1) is 0 Å². The number of benzene rings is 3. The molecule has 0 aromatic heterocycles. The average molecular weight is 519 g/mol. The molecule has 0 saturated heterocycles. The van der Waals surface area contributed by atoms with Crippen LogP contribution >= 0.6 is 0 Å². The van der Waals surface area contributed by atoms with E-state index in [2.05, 4.69) is 0 Å². The van der Waals surface area contributed by atoms with Crippen molar-refractivity contribution in [2.45, 2.75) is 57.8 Å². The highest BCUT2D eigenvalue weighted by Gasteiger charge is 2.29. The largest absolute Gasteiger partial charge is 0.490 e. The molecule has 7 heteroatoms. The van der Waals surface area contributed by atoms with Crippen LogP contribution in [0.3, 0.4) is 0 Å². The molecule has 4 rings (SSSR count). The van der Waals surface area contributed by atoms with E-state index < -0.39 is 34.9 Å². The van der Waals surface area contributed by atoms with E-state index in [4.69, 9.17) is 4.74 Å². The third kappa shape index (κ3) is 5.55. The molecule has 0 N–H and O–H groups in total. The Morgan fingerprint density at radius 3 is 1.70 bits per heavy atom. The van der Waals surface area contributed by atoms with E-state index in [1.165, 1.54) is 43.3 Å². The molecule has 1 aliphatic rings. The van der Waals surface area contributed by atoms with Crippen LogP contribution in [0, 0.1) is 41.8 Å². The molecule has 37 heavy (non-hydrogen) atoms. The van der Waals surface area contributed by atoms with Crippen molar-refractivity contribution in [3.05, 3.63) is 99.1 Å². The molecule has 0 atom stereocenters. The molecule has 3 aromatic carbocycles. The highest BCUT2D eigenvalue weighted by molar-refractivity contribution is 5.70. The molecule has 0 unspecified atom stereocenters. The minimum absolute atomic E-state index is 0.0988. The van der Waals surface area contributed by atoms with E-state index in [1.807, 2.05) is 6.92 Å². The average Bonchev–Trinajstić information content (AvgIpc) is 2.90. The molecule has 0 bridgehead atoms. The lowest BCUT2D eigenvalue weighted by atomic mass is 9.75. The van der Waals surface area contributed by atoms with Gasteiger partial charge in [0, 0.05) is 11.1 Å². The van der Waals surface area contributed by atoms with E-state index in [1.54, 1.807) is 12.1 Å². The maximum atomic E-state index is 15.0. The predicted octanol–water partition coefficient (Wildman–Crippen LogP) is 9.23. The van der Waals surface area contributed by atoms with Crippen LogP contribution in [-0.2, 0) is 0 Å².